The lowest BCUT2D eigenvalue weighted by Gasteiger charge is -2.35. The van der Waals surface area contributed by atoms with Gasteiger partial charge in [-0.3, -0.25) is 14.5 Å². The van der Waals surface area contributed by atoms with Crippen LogP contribution in [0.3, 0.4) is 0 Å². The van der Waals surface area contributed by atoms with Gasteiger partial charge in [0.1, 0.15) is 5.76 Å². The molecule has 5 nitrogen and oxygen atoms in total. The molecule has 0 N–H and O–H groups in total. The average molecular weight is 273 g/mol. The number of carbonyl (C=O) groups is 2. The van der Waals surface area contributed by atoms with Crippen LogP contribution in [0, 0.1) is 0 Å². The molecule has 2 heterocycles. The zero-order chi connectivity index (χ0) is 13.9. The standard InChI is InChI=1S/C15H15NO4/c17-12-10-13(11-4-2-1-3-5-11)20-15(14(12)18)16-6-8-19-9-7-16/h1-5,10,15H,6-9H2. The van der Waals surface area contributed by atoms with Crippen molar-refractivity contribution in [2.75, 3.05) is 26.3 Å². The molecule has 0 spiro atoms. The molecule has 0 aromatic heterocycles. The average Bonchev–Trinajstić information content (AvgIpc) is 2.51. The highest BCUT2D eigenvalue weighted by Crippen LogP contribution is 2.24. The molecule has 5 heteroatoms. The molecule has 2 aliphatic rings. The van der Waals surface area contributed by atoms with Crippen molar-refractivity contribution < 1.29 is 19.1 Å². The fourth-order valence-electron chi connectivity index (χ4n) is 2.33. The maximum Gasteiger partial charge on any atom is 0.258 e. The SMILES string of the molecule is O=C1C=C(c2ccccc2)OC(N2CCOCC2)C1=O. The van der Waals surface area contributed by atoms with E-state index < -0.39 is 17.8 Å². The van der Waals surface area contributed by atoms with Gasteiger partial charge in [0, 0.05) is 24.7 Å². The van der Waals surface area contributed by atoms with Crippen LogP contribution in [0.25, 0.3) is 5.76 Å². The fraction of sp³-hybridized carbons (Fsp3) is 0.333. The molecule has 3 rings (SSSR count). The molecule has 1 aromatic carbocycles. The van der Waals surface area contributed by atoms with E-state index in [1.54, 1.807) is 0 Å². The molecule has 104 valence electrons. The van der Waals surface area contributed by atoms with Crippen LogP contribution in [0.5, 0.6) is 0 Å². The zero-order valence-electron chi connectivity index (χ0n) is 11.0. The quantitative estimate of drug-likeness (QED) is 0.748. The summed E-state index contributed by atoms with van der Waals surface area (Å²) in [6.45, 7) is 2.27. The topological polar surface area (TPSA) is 55.8 Å². The minimum absolute atomic E-state index is 0.451. The van der Waals surface area contributed by atoms with Crippen LogP contribution in [-0.4, -0.2) is 49.0 Å². The number of ketones is 2. The van der Waals surface area contributed by atoms with Crippen LogP contribution < -0.4 is 0 Å². The van der Waals surface area contributed by atoms with Crippen molar-refractivity contribution >= 4 is 17.3 Å². The Labute approximate surface area is 116 Å². The molecule has 0 saturated carbocycles. The summed E-state index contributed by atoms with van der Waals surface area (Å²) in [5, 5.41) is 0. The van der Waals surface area contributed by atoms with Crippen molar-refractivity contribution in [1.82, 2.24) is 4.90 Å². The highest BCUT2D eigenvalue weighted by atomic mass is 16.5. The van der Waals surface area contributed by atoms with Gasteiger partial charge in [-0.1, -0.05) is 30.3 Å². The molecule has 0 bridgehead atoms. The number of benzene rings is 1. The first-order chi connectivity index (χ1) is 9.75. The first-order valence-corrected chi connectivity index (χ1v) is 6.59. The number of carbonyl (C=O) groups excluding carboxylic acids is 2. The third-order valence-electron chi connectivity index (χ3n) is 3.40. The summed E-state index contributed by atoms with van der Waals surface area (Å²) < 4.78 is 11.0. The minimum Gasteiger partial charge on any atom is -0.466 e. The summed E-state index contributed by atoms with van der Waals surface area (Å²) in [4.78, 5) is 25.7. The Morgan fingerprint density at radius 3 is 2.45 bits per heavy atom. The van der Waals surface area contributed by atoms with Crippen LogP contribution in [0.2, 0.25) is 0 Å². The van der Waals surface area contributed by atoms with E-state index in [1.165, 1.54) is 6.08 Å². The van der Waals surface area contributed by atoms with E-state index in [2.05, 4.69) is 0 Å². The van der Waals surface area contributed by atoms with Crippen molar-refractivity contribution in [2.24, 2.45) is 0 Å². The van der Waals surface area contributed by atoms with E-state index in [-0.39, 0.29) is 0 Å². The first kappa shape index (κ1) is 13.0. The maximum absolute atomic E-state index is 12.0. The maximum atomic E-state index is 12.0. The predicted octanol–water partition coefficient (Wildman–Crippen LogP) is 0.854. The molecule has 2 aliphatic heterocycles. The molecule has 1 aromatic rings. The number of hydrogen-bond donors (Lipinski definition) is 0. The van der Waals surface area contributed by atoms with E-state index in [4.69, 9.17) is 9.47 Å². The number of rotatable bonds is 2. The molecule has 1 unspecified atom stereocenters. The normalized spacial score (nSPS) is 24.2. The van der Waals surface area contributed by atoms with Crippen molar-refractivity contribution in [2.45, 2.75) is 6.23 Å². The number of allylic oxidation sites excluding steroid dienone is 1. The third kappa shape index (κ3) is 2.50. The smallest absolute Gasteiger partial charge is 0.258 e. The highest BCUT2D eigenvalue weighted by Gasteiger charge is 2.37. The first-order valence-electron chi connectivity index (χ1n) is 6.59. The van der Waals surface area contributed by atoms with Crippen molar-refractivity contribution in [1.29, 1.82) is 0 Å². The largest absolute Gasteiger partial charge is 0.466 e. The van der Waals surface area contributed by atoms with Crippen LogP contribution in [-0.2, 0) is 19.1 Å². The van der Waals surface area contributed by atoms with Crippen LogP contribution in [0.1, 0.15) is 5.56 Å². The summed E-state index contributed by atoms with van der Waals surface area (Å²) in [7, 11) is 0. The Bertz CT molecular complexity index is 546. The van der Waals surface area contributed by atoms with Crippen LogP contribution >= 0.6 is 0 Å². The van der Waals surface area contributed by atoms with Gasteiger partial charge in [-0.25, -0.2) is 0 Å². The zero-order valence-corrected chi connectivity index (χ0v) is 11.0. The number of nitrogens with zero attached hydrogens (tertiary/aromatic N) is 1. The van der Waals surface area contributed by atoms with Gasteiger partial charge in [0.15, 0.2) is 0 Å². The van der Waals surface area contributed by atoms with Crippen LogP contribution in [0.4, 0.5) is 0 Å². The van der Waals surface area contributed by atoms with Gasteiger partial charge in [-0.05, 0) is 0 Å². The fourth-order valence-corrected chi connectivity index (χ4v) is 2.33. The van der Waals surface area contributed by atoms with Gasteiger partial charge >= 0.3 is 0 Å². The number of ether oxygens (including phenoxy) is 2. The van der Waals surface area contributed by atoms with Gasteiger partial charge in [-0.15, -0.1) is 0 Å². The lowest BCUT2D eigenvalue weighted by atomic mass is 10.1. The van der Waals surface area contributed by atoms with Gasteiger partial charge in [-0.2, -0.15) is 0 Å². The van der Waals surface area contributed by atoms with Gasteiger partial charge in [0.2, 0.25) is 12.0 Å². The van der Waals surface area contributed by atoms with Gasteiger partial charge < -0.3 is 9.47 Å². The van der Waals surface area contributed by atoms with Gasteiger partial charge in [0.25, 0.3) is 5.78 Å². The summed E-state index contributed by atoms with van der Waals surface area (Å²) in [5.41, 5.74) is 0.798. The third-order valence-corrected chi connectivity index (χ3v) is 3.40. The molecule has 1 saturated heterocycles. The number of hydrogen-bond acceptors (Lipinski definition) is 5. The molecule has 1 fully saturated rings. The Morgan fingerprint density at radius 2 is 1.75 bits per heavy atom. The summed E-state index contributed by atoms with van der Waals surface area (Å²) >= 11 is 0. The molecular formula is C15H15NO4. The van der Waals surface area contributed by atoms with Crippen LogP contribution in [0.15, 0.2) is 36.4 Å². The lowest BCUT2D eigenvalue weighted by molar-refractivity contribution is -0.150. The highest BCUT2D eigenvalue weighted by molar-refractivity contribution is 6.44. The van der Waals surface area contributed by atoms with Crippen molar-refractivity contribution in [3.63, 3.8) is 0 Å². The lowest BCUT2D eigenvalue weighted by Crippen LogP contribution is -2.51. The molecule has 0 aliphatic carbocycles. The van der Waals surface area contributed by atoms with Crippen molar-refractivity contribution in [3.8, 4) is 0 Å². The molecule has 1 atom stereocenters. The Kier molecular flexibility index (Phi) is 3.62. The predicted molar refractivity (Wildman–Crippen MR) is 71.7 cm³/mol. The number of morpholine rings is 1. The minimum atomic E-state index is -0.827. The summed E-state index contributed by atoms with van der Waals surface area (Å²) in [6, 6.07) is 9.32. The second kappa shape index (κ2) is 5.56. The van der Waals surface area contributed by atoms with E-state index in [0.717, 1.165) is 5.56 Å². The second-order valence-corrected chi connectivity index (χ2v) is 4.72. The van der Waals surface area contributed by atoms with Crippen molar-refractivity contribution in [3.05, 3.63) is 42.0 Å². The second-order valence-electron chi connectivity index (χ2n) is 4.72. The summed E-state index contributed by atoms with van der Waals surface area (Å²) in [6.07, 6.45) is 0.445. The summed E-state index contributed by atoms with van der Waals surface area (Å²) in [5.74, 6) is -0.565. The number of Topliss-reactive ketones (excluding diaryl/α,β-unsaturated/α-hetero) is 1. The van der Waals surface area contributed by atoms with Gasteiger partial charge in [0.05, 0.1) is 13.2 Å². The monoisotopic (exact) mass is 273 g/mol. The molecule has 0 amide bonds. The molecule has 20 heavy (non-hydrogen) atoms. The van der Waals surface area contributed by atoms with E-state index >= 15 is 0 Å². The van der Waals surface area contributed by atoms with E-state index in [0.29, 0.717) is 32.1 Å². The molecule has 0 radical (unpaired) electrons. The Morgan fingerprint density at radius 1 is 1.05 bits per heavy atom. The van der Waals surface area contributed by atoms with E-state index in [9.17, 15) is 9.59 Å². The van der Waals surface area contributed by atoms with E-state index in [1.807, 2.05) is 35.2 Å². The Balaban J connectivity index is 1.85. The Hall–Kier alpha value is -1.98. The molecular weight excluding hydrogens is 258 g/mol.